The number of carbonyl (C=O) groups excluding carboxylic acids is 1. The number of piperazine rings is 1. The molecule has 1 amide bonds. The van der Waals surface area contributed by atoms with Crippen LogP contribution in [0.3, 0.4) is 0 Å². The lowest BCUT2D eigenvalue weighted by molar-refractivity contribution is -0.132. The third-order valence-corrected chi connectivity index (χ3v) is 6.35. The normalized spacial score (nSPS) is 14.2. The Morgan fingerprint density at radius 3 is 2.39 bits per heavy atom. The van der Waals surface area contributed by atoms with Crippen molar-refractivity contribution < 1.29 is 27.4 Å². The first kappa shape index (κ1) is 29.1. The van der Waals surface area contributed by atoms with Crippen molar-refractivity contribution in [3.05, 3.63) is 47.5 Å². The molecule has 1 aliphatic rings. The fraction of sp³-hybridized carbons (Fsp3) is 0.400. The molecule has 4 rings (SSSR count). The van der Waals surface area contributed by atoms with Gasteiger partial charge in [0.2, 0.25) is 11.9 Å². The molecule has 3 aromatic rings. The van der Waals surface area contributed by atoms with Crippen LogP contribution in [-0.4, -0.2) is 74.4 Å². The molecule has 2 heterocycles. The molecule has 0 unspecified atom stereocenters. The van der Waals surface area contributed by atoms with Gasteiger partial charge in [0.05, 0.1) is 14.2 Å². The van der Waals surface area contributed by atoms with Crippen molar-refractivity contribution in [2.75, 3.05) is 64.3 Å². The van der Waals surface area contributed by atoms with Crippen molar-refractivity contribution in [2.45, 2.75) is 12.5 Å². The maximum absolute atomic E-state index is 15.1. The van der Waals surface area contributed by atoms with Gasteiger partial charge in [-0.2, -0.15) is 4.98 Å². The lowest BCUT2D eigenvalue weighted by Crippen LogP contribution is -2.50. The van der Waals surface area contributed by atoms with Crippen LogP contribution in [-0.2, 0) is 4.79 Å². The highest BCUT2D eigenvalue weighted by Crippen LogP contribution is 2.37. The third kappa shape index (κ3) is 6.13. The van der Waals surface area contributed by atoms with Crippen LogP contribution in [0, 0.1) is 11.6 Å². The van der Waals surface area contributed by atoms with E-state index in [0.29, 0.717) is 37.1 Å². The second kappa shape index (κ2) is 12.8. The number of alkyl halides is 1. The molecule has 1 fully saturated rings. The molecule has 3 N–H and O–H groups in total. The van der Waals surface area contributed by atoms with Crippen molar-refractivity contribution in [2.24, 2.45) is 0 Å². The molecule has 1 atom stereocenters. The molecule has 0 aliphatic carbocycles. The number of ether oxygens (including phenoxy) is 2. The Labute approximate surface area is 224 Å². The quantitative estimate of drug-likeness (QED) is 0.415. The maximum Gasteiger partial charge on any atom is 0.228 e. The molecule has 206 valence electrons. The Morgan fingerprint density at radius 1 is 1.11 bits per heavy atom. The van der Waals surface area contributed by atoms with Crippen molar-refractivity contribution in [3.8, 4) is 11.5 Å². The van der Waals surface area contributed by atoms with E-state index < -0.39 is 18.5 Å². The number of methoxy groups -OCH3 is 2. The number of hydrogen-bond acceptors (Lipinski definition) is 8. The minimum atomic E-state index is -0.700. The Bertz CT molecular complexity index is 1260. The molecule has 38 heavy (non-hydrogen) atoms. The number of hydrogen-bond donors (Lipinski definition) is 2. The summed E-state index contributed by atoms with van der Waals surface area (Å²) in [6.45, 7) is 1.08. The van der Waals surface area contributed by atoms with E-state index in [9.17, 15) is 13.6 Å². The van der Waals surface area contributed by atoms with Gasteiger partial charge in [-0.05, 0) is 23.8 Å². The summed E-state index contributed by atoms with van der Waals surface area (Å²) in [5.41, 5.74) is 6.84. The minimum absolute atomic E-state index is 0. The summed E-state index contributed by atoms with van der Waals surface area (Å²) in [5, 5.41) is 3.32. The number of nitrogen functional groups attached to an aromatic ring is 1. The van der Waals surface area contributed by atoms with Crippen LogP contribution in [0.25, 0.3) is 10.9 Å². The molecule has 0 spiro atoms. The molecule has 1 aromatic heterocycles. The van der Waals surface area contributed by atoms with Gasteiger partial charge in [-0.25, -0.2) is 18.2 Å². The second-order valence-corrected chi connectivity index (χ2v) is 8.55. The summed E-state index contributed by atoms with van der Waals surface area (Å²) in [5.74, 6) is -0.758. The number of amides is 1. The Morgan fingerprint density at radius 2 is 1.79 bits per heavy atom. The molecule has 1 aliphatic heterocycles. The average molecular weight is 555 g/mol. The fourth-order valence-electron chi connectivity index (χ4n) is 4.37. The summed E-state index contributed by atoms with van der Waals surface area (Å²) in [6.07, 6.45) is 0.0951. The minimum Gasteiger partial charge on any atom is -0.493 e. The summed E-state index contributed by atoms with van der Waals surface area (Å²) >= 11 is 0. The summed E-state index contributed by atoms with van der Waals surface area (Å²) in [4.78, 5) is 25.3. The molecule has 0 radical (unpaired) electrons. The van der Waals surface area contributed by atoms with Gasteiger partial charge < -0.3 is 30.3 Å². The van der Waals surface area contributed by atoms with Gasteiger partial charge in [-0.1, -0.05) is 12.1 Å². The molecule has 0 saturated carbocycles. The largest absolute Gasteiger partial charge is 0.493 e. The number of rotatable bonds is 9. The number of carbonyl (C=O) groups is 1. The molecular weight excluding hydrogens is 525 g/mol. The van der Waals surface area contributed by atoms with Crippen molar-refractivity contribution in [1.82, 2.24) is 20.2 Å². The number of fused-ring (bicyclic) bond motifs is 1. The predicted molar refractivity (Wildman–Crippen MR) is 141 cm³/mol. The fourth-order valence-corrected chi connectivity index (χ4v) is 4.37. The average Bonchev–Trinajstić information content (AvgIpc) is 2.91. The summed E-state index contributed by atoms with van der Waals surface area (Å²) in [7, 11) is 2.73. The summed E-state index contributed by atoms with van der Waals surface area (Å²) < 4.78 is 51.5. The zero-order valence-electron chi connectivity index (χ0n) is 21.0. The van der Waals surface area contributed by atoms with E-state index >= 15 is 4.39 Å². The SMILES string of the molecule is COc1cc2c(N)nc(N3CCN(C(=O)C[C@@H](NCCF)c4ccc(F)cc4)CC3)nc2c(F)c1OC.Cl. The van der Waals surface area contributed by atoms with Gasteiger partial charge in [-0.15, -0.1) is 12.4 Å². The van der Waals surface area contributed by atoms with Gasteiger partial charge in [0.15, 0.2) is 17.3 Å². The van der Waals surface area contributed by atoms with Gasteiger partial charge >= 0.3 is 0 Å². The number of halogens is 4. The van der Waals surface area contributed by atoms with E-state index in [1.54, 1.807) is 17.0 Å². The van der Waals surface area contributed by atoms with Crippen LogP contribution in [0.1, 0.15) is 18.0 Å². The van der Waals surface area contributed by atoms with Gasteiger partial charge in [-0.3, -0.25) is 4.79 Å². The molecule has 9 nitrogen and oxygen atoms in total. The predicted octanol–water partition coefficient (Wildman–Crippen LogP) is 3.27. The highest BCUT2D eigenvalue weighted by atomic mass is 35.5. The first-order valence-electron chi connectivity index (χ1n) is 11.8. The maximum atomic E-state index is 15.1. The topological polar surface area (TPSA) is 106 Å². The first-order chi connectivity index (χ1) is 17.9. The van der Waals surface area contributed by atoms with Crippen LogP contribution in [0.2, 0.25) is 0 Å². The van der Waals surface area contributed by atoms with Crippen LogP contribution in [0.15, 0.2) is 30.3 Å². The second-order valence-electron chi connectivity index (χ2n) is 8.55. The van der Waals surface area contributed by atoms with E-state index in [4.69, 9.17) is 15.2 Å². The first-order valence-corrected chi connectivity index (χ1v) is 11.8. The van der Waals surface area contributed by atoms with Gasteiger partial charge in [0.1, 0.15) is 23.8 Å². The van der Waals surface area contributed by atoms with E-state index in [1.165, 1.54) is 32.4 Å². The van der Waals surface area contributed by atoms with E-state index in [1.807, 2.05) is 4.90 Å². The number of benzene rings is 2. The van der Waals surface area contributed by atoms with Crippen LogP contribution < -0.4 is 25.4 Å². The zero-order chi connectivity index (χ0) is 26.5. The monoisotopic (exact) mass is 554 g/mol. The number of aromatic nitrogens is 2. The molecular formula is C25H30ClF3N6O3. The van der Waals surface area contributed by atoms with Crippen LogP contribution >= 0.6 is 12.4 Å². The number of nitrogens with zero attached hydrogens (tertiary/aromatic N) is 4. The highest BCUT2D eigenvalue weighted by molar-refractivity contribution is 5.92. The lowest BCUT2D eigenvalue weighted by Gasteiger charge is -2.35. The van der Waals surface area contributed by atoms with Crippen LogP contribution in [0.5, 0.6) is 11.5 Å². The van der Waals surface area contributed by atoms with Gasteiger partial charge in [0.25, 0.3) is 0 Å². The third-order valence-electron chi connectivity index (χ3n) is 6.35. The highest BCUT2D eigenvalue weighted by Gasteiger charge is 2.27. The smallest absolute Gasteiger partial charge is 0.228 e. The van der Waals surface area contributed by atoms with Crippen LogP contribution in [0.4, 0.5) is 24.9 Å². The van der Waals surface area contributed by atoms with Crippen molar-refractivity contribution >= 4 is 41.0 Å². The van der Waals surface area contributed by atoms with E-state index in [2.05, 4.69) is 15.3 Å². The Hall–Kier alpha value is -3.51. The van der Waals surface area contributed by atoms with Crippen molar-refractivity contribution in [1.29, 1.82) is 0 Å². The molecule has 0 bridgehead atoms. The number of anilines is 2. The number of nitrogens with two attached hydrogens (primary N) is 1. The Kier molecular flexibility index (Phi) is 9.81. The summed E-state index contributed by atoms with van der Waals surface area (Å²) in [6, 6.07) is 6.88. The van der Waals surface area contributed by atoms with Gasteiger partial charge in [0, 0.05) is 50.6 Å². The number of nitrogens with one attached hydrogen (secondary N) is 1. The standard InChI is InChI=1S/C25H29F3N6O3.ClH/c1-36-19-13-17-22(21(28)23(19)37-2)31-25(32-24(17)29)34-11-9-33(10-12-34)20(35)14-18(30-8-7-26)15-3-5-16(27)6-4-15;/h3-6,13,18,30H,7-12,14H2,1-2H3,(H2,29,31,32);1H/t18-;/m1./s1. The zero-order valence-corrected chi connectivity index (χ0v) is 21.9. The van der Waals surface area contributed by atoms with E-state index in [0.717, 1.165) is 0 Å². The molecule has 2 aromatic carbocycles. The lowest BCUT2D eigenvalue weighted by atomic mass is 10.0. The molecule has 13 heteroatoms. The van der Waals surface area contributed by atoms with E-state index in [-0.39, 0.29) is 65.9 Å². The Balaban J connectivity index is 0.00000400. The molecule has 1 saturated heterocycles. The van der Waals surface area contributed by atoms with Crippen molar-refractivity contribution in [3.63, 3.8) is 0 Å².